The van der Waals surface area contributed by atoms with Gasteiger partial charge in [0.25, 0.3) is 0 Å². The van der Waals surface area contributed by atoms with Crippen molar-refractivity contribution in [3.63, 3.8) is 0 Å². The Balaban J connectivity index is 1.67. The van der Waals surface area contributed by atoms with E-state index in [2.05, 4.69) is 31.4 Å². The Hall–Kier alpha value is -3.95. The predicted octanol–water partition coefficient (Wildman–Crippen LogP) is 2.76. The number of carbonyl (C=O) groups is 1. The topological polar surface area (TPSA) is 149 Å². The van der Waals surface area contributed by atoms with Gasteiger partial charge in [0, 0.05) is 24.7 Å². The largest absolute Gasteiger partial charge is 0.574 e. The van der Waals surface area contributed by atoms with Crippen LogP contribution in [0.1, 0.15) is 32.8 Å². The van der Waals surface area contributed by atoms with Gasteiger partial charge in [-0.05, 0) is 69.1 Å². The zero-order chi connectivity index (χ0) is 32.9. The number of ketones is 1. The molecule has 2 aliphatic rings. The van der Waals surface area contributed by atoms with Crippen molar-refractivity contribution in [2.45, 2.75) is 40.3 Å². The second-order valence-corrected chi connectivity index (χ2v) is 11.1. The van der Waals surface area contributed by atoms with Crippen molar-refractivity contribution in [3.05, 3.63) is 101 Å². The molecule has 0 bridgehead atoms. The Morgan fingerprint density at radius 2 is 2.16 bits per heavy atom. The van der Waals surface area contributed by atoms with Gasteiger partial charge < -0.3 is 25.1 Å². The third kappa shape index (κ3) is 10.3. The minimum Gasteiger partial charge on any atom is -0.574 e. The maximum atomic E-state index is 14.4. The molecule has 2 unspecified atom stereocenters. The fourth-order valence-electron chi connectivity index (χ4n) is 4.24. The summed E-state index contributed by atoms with van der Waals surface area (Å²) < 4.78 is 43.6. The summed E-state index contributed by atoms with van der Waals surface area (Å²) in [6.07, 6.45) is 12.8. The molecule has 3 heterocycles. The minimum absolute atomic E-state index is 0.00619. The van der Waals surface area contributed by atoms with Crippen LogP contribution in [0.4, 0.5) is 10.1 Å². The van der Waals surface area contributed by atoms with Gasteiger partial charge in [-0.15, -0.1) is 4.72 Å². The molecule has 0 saturated heterocycles. The SMILES string of the molecule is BCOCCN[S+]([O-])NC1=C/CN/C(C(=O)C2=CC(N)N(c3cnc(O/C(C(=C)C)=C(F)/C=C\C)cc3C)N=C2)=C\C/C=C\1C. The molecular weight excluding hydrogens is 596 g/mol. The summed E-state index contributed by atoms with van der Waals surface area (Å²) in [4.78, 5) is 17.7. The number of rotatable bonds is 14. The molecular formula is C31H41BFN7O4S. The molecule has 0 saturated carbocycles. The zero-order valence-electron chi connectivity index (χ0n) is 26.4. The highest BCUT2D eigenvalue weighted by atomic mass is 32.2. The summed E-state index contributed by atoms with van der Waals surface area (Å²) in [5.74, 6) is -0.631. The summed E-state index contributed by atoms with van der Waals surface area (Å²) >= 11 is -1.50. The molecule has 0 radical (unpaired) electrons. The maximum Gasteiger partial charge on any atom is 0.219 e. The van der Waals surface area contributed by atoms with Crippen molar-refractivity contribution >= 4 is 37.1 Å². The molecule has 1 aromatic heterocycles. The molecule has 0 amide bonds. The first-order valence-corrected chi connectivity index (χ1v) is 15.7. The molecule has 1 aromatic rings. The number of nitrogens with two attached hydrogens (primary N) is 1. The number of allylic oxidation sites excluding steroid dienone is 8. The Morgan fingerprint density at radius 1 is 1.38 bits per heavy atom. The van der Waals surface area contributed by atoms with Crippen molar-refractivity contribution in [1.82, 2.24) is 19.7 Å². The molecule has 5 N–H and O–H groups in total. The second kappa shape index (κ2) is 17.5. The fraction of sp³-hybridized carbons (Fsp3) is 0.323. The van der Waals surface area contributed by atoms with Gasteiger partial charge in [0.05, 0.1) is 42.6 Å². The van der Waals surface area contributed by atoms with Gasteiger partial charge in [-0.2, -0.15) is 9.82 Å². The van der Waals surface area contributed by atoms with E-state index in [1.807, 2.05) is 33.8 Å². The van der Waals surface area contributed by atoms with Crippen molar-refractivity contribution in [1.29, 1.82) is 0 Å². The average molecular weight is 638 g/mol. The lowest BCUT2D eigenvalue weighted by molar-refractivity contribution is -0.112. The van der Waals surface area contributed by atoms with Crippen LogP contribution in [0.15, 0.2) is 100 Å². The monoisotopic (exact) mass is 637 g/mol. The quantitative estimate of drug-likeness (QED) is 0.0789. The van der Waals surface area contributed by atoms with Gasteiger partial charge in [0.15, 0.2) is 23.1 Å². The summed E-state index contributed by atoms with van der Waals surface area (Å²) in [6, 6.07) is 1.65. The van der Waals surface area contributed by atoms with E-state index < -0.39 is 23.5 Å². The van der Waals surface area contributed by atoms with Gasteiger partial charge in [-0.1, -0.05) is 24.8 Å². The molecule has 3 rings (SSSR count). The highest BCUT2D eigenvalue weighted by Crippen LogP contribution is 2.28. The van der Waals surface area contributed by atoms with E-state index in [1.54, 1.807) is 43.2 Å². The van der Waals surface area contributed by atoms with Crippen LogP contribution < -0.4 is 30.2 Å². The van der Waals surface area contributed by atoms with Crippen LogP contribution in [0.25, 0.3) is 0 Å². The van der Waals surface area contributed by atoms with E-state index in [-0.39, 0.29) is 17.4 Å². The van der Waals surface area contributed by atoms with Crippen molar-refractivity contribution in [2.75, 3.05) is 31.2 Å². The van der Waals surface area contributed by atoms with Crippen molar-refractivity contribution in [3.8, 4) is 5.88 Å². The Labute approximate surface area is 268 Å². The molecule has 0 spiro atoms. The highest BCUT2D eigenvalue weighted by Gasteiger charge is 2.24. The standard InChI is InChI=1S/C31H41BFN7O4S/c1-6-8-24(33)31(20(2)3)44-29-15-22(5)27(18-36-29)40-28(34)16-23(17-37-40)30(41)26-10-7-9-21(4)25(11-12-35-26)39-45(42)38-13-14-43-19-32/h6,8-11,15-18,28,35,38-39H,2,7,12-14,19,32,34H2,1,3-5H3/b8-6-,21-9-,25-11+,26-10-,31-24-. The summed E-state index contributed by atoms with van der Waals surface area (Å²) in [7, 11) is 1.90. The smallest absolute Gasteiger partial charge is 0.219 e. The number of aromatic nitrogens is 1. The second-order valence-electron chi connectivity index (χ2n) is 10.1. The van der Waals surface area contributed by atoms with E-state index in [9.17, 15) is 13.7 Å². The maximum absolute atomic E-state index is 14.4. The molecule has 11 nitrogen and oxygen atoms in total. The average Bonchev–Trinajstić information content (AvgIpc) is 3.08. The Bertz CT molecular complexity index is 1470. The summed E-state index contributed by atoms with van der Waals surface area (Å²) in [6.45, 7) is 12.7. The number of hydrazone groups is 1. The van der Waals surface area contributed by atoms with Crippen LogP contribution in [0.2, 0.25) is 0 Å². The Morgan fingerprint density at radius 3 is 2.82 bits per heavy atom. The number of halogens is 1. The van der Waals surface area contributed by atoms with E-state index in [0.29, 0.717) is 60.9 Å². The molecule has 240 valence electrons. The highest BCUT2D eigenvalue weighted by molar-refractivity contribution is 7.87. The number of hydrogen-bond acceptors (Lipinski definition) is 11. The van der Waals surface area contributed by atoms with E-state index in [1.165, 1.54) is 18.5 Å². The molecule has 2 aliphatic heterocycles. The van der Waals surface area contributed by atoms with Gasteiger partial charge >= 0.3 is 0 Å². The zero-order valence-corrected chi connectivity index (χ0v) is 27.2. The van der Waals surface area contributed by atoms with Crippen LogP contribution in [0, 0.1) is 6.92 Å². The minimum atomic E-state index is -1.50. The van der Waals surface area contributed by atoms with E-state index in [4.69, 9.17) is 15.2 Å². The first-order chi connectivity index (χ1) is 21.5. The van der Waals surface area contributed by atoms with Crippen LogP contribution in [-0.4, -0.2) is 61.7 Å². The first-order valence-electron chi connectivity index (χ1n) is 14.5. The van der Waals surface area contributed by atoms with Gasteiger partial charge in [0.1, 0.15) is 14.0 Å². The van der Waals surface area contributed by atoms with Crippen LogP contribution >= 0.6 is 0 Å². The third-order valence-corrected chi connectivity index (χ3v) is 7.42. The van der Waals surface area contributed by atoms with Crippen LogP contribution in [-0.2, 0) is 21.1 Å². The molecule has 2 atom stereocenters. The lowest BCUT2D eigenvalue weighted by Gasteiger charge is -2.28. The number of hydrogen-bond donors (Lipinski definition) is 4. The van der Waals surface area contributed by atoms with Crippen molar-refractivity contribution < 1.29 is 23.2 Å². The molecule has 14 heteroatoms. The third-order valence-electron chi connectivity index (χ3n) is 6.55. The summed E-state index contributed by atoms with van der Waals surface area (Å²) in [5, 5.41) is 9.14. The van der Waals surface area contributed by atoms with Gasteiger partial charge in [0.2, 0.25) is 11.7 Å². The number of nitrogens with one attached hydrogen (secondary N) is 3. The number of ether oxygens (including phenoxy) is 2. The fourth-order valence-corrected chi connectivity index (χ4v) is 5.02. The molecule has 0 aliphatic carbocycles. The normalized spacial score (nSPS) is 21.8. The van der Waals surface area contributed by atoms with Gasteiger partial charge in [-0.25, -0.2) is 14.4 Å². The van der Waals surface area contributed by atoms with E-state index in [0.717, 1.165) is 11.1 Å². The first kappa shape index (κ1) is 35.5. The van der Waals surface area contributed by atoms with Crippen LogP contribution in [0.3, 0.4) is 0 Å². The number of pyridine rings is 1. The van der Waals surface area contributed by atoms with E-state index >= 15 is 0 Å². The summed E-state index contributed by atoms with van der Waals surface area (Å²) in [5.41, 5.74) is 10.5. The number of Topliss-reactive ketones (excluding diaryl/α,β-unsaturated/α-hetero) is 1. The molecule has 0 aromatic carbocycles. The van der Waals surface area contributed by atoms with Gasteiger partial charge in [-0.3, -0.25) is 4.79 Å². The predicted molar refractivity (Wildman–Crippen MR) is 181 cm³/mol. The lowest BCUT2D eigenvalue weighted by atomic mass is 10.1. The number of aryl methyl sites for hydroxylation is 1. The lowest BCUT2D eigenvalue weighted by Crippen LogP contribution is -2.41. The Kier molecular flexibility index (Phi) is 13.8. The number of anilines is 1. The number of carbonyl (C=O) groups excluding carboxylic acids is 1. The molecule has 45 heavy (non-hydrogen) atoms. The molecule has 0 fully saturated rings. The van der Waals surface area contributed by atoms with Crippen LogP contribution in [0.5, 0.6) is 5.88 Å². The number of nitrogens with zero attached hydrogens (tertiary/aromatic N) is 3. The van der Waals surface area contributed by atoms with Crippen molar-refractivity contribution in [2.24, 2.45) is 10.8 Å².